The van der Waals surface area contributed by atoms with Crippen molar-refractivity contribution in [3.05, 3.63) is 54.1 Å². The van der Waals surface area contributed by atoms with Crippen molar-refractivity contribution < 1.29 is 0 Å². The normalized spacial score (nSPS) is 10.8. The van der Waals surface area contributed by atoms with Gasteiger partial charge in [-0.25, -0.2) is 0 Å². The van der Waals surface area contributed by atoms with E-state index in [4.69, 9.17) is 0 Å². The van der Waals surface area contributed by atoms with Crippen LogP contribution in [0.2, 0.25) is 0 Å². The van der Waals surface area contributed by atoms with Crippen molar-refractivity contribution in [1.82, 2.24) is 15.3 Å². The van der Waals surface area contributed by atoms with Crippen LogP contribution in [0, 0.1) is 0 Å². The van der Waals surface area contributed by atoms with E-state index in [0.29, 0.717) is 6.04 Å². The highest BCUT2D eigenvalue weighted by atomic mass is 15.1. The van der Waals surface area contributed by atoms with E-state index in [2.05, 4.69) is 53.2 Å². The van der Waals surface area contributed by atoms with Crippen molar-refractivity contribution in [3.8, 4) is 0 Å². The van der Waals surface area contributed by atoms with Gasteiger partial charge in [0.15, 0.2) is 0 Å². The Morgan fingerprint density at radius 1 is 1.15 bits per heavy atom. The molecule has 2 heterocycles. The summed E-state index contributed by atoms with van der Waals surface area (Å²) >= 11 is 0. The second kappa shape index (κ2) is 7.01. The minimum atomic E-state index is 0.472. The number of aromatic nitrogens is 2. The van der Waals surface area contributed by atoms with Gasteiger partial charge in [-0.15, -0.1) is 0 Å². The number of nitrogens with zero attached hydrogens (tertiary/aromatic N) is 3. The topological polar surface area (TPSA) is 41.1 Å². The van der Waals surface area contributed by atoms with Gasteiger partial charge in [0.2, 0.25) is 0 Å². The first-order chi connectivity index (χ1) is 9.66. The van der Waals surface area contributed by atoms with E-state index in [0.717, 1.165) is 18.8 Å². The molecule has 0 aliphatic carbocycles. The van der Waals surface area contributed by atoms with Gasteiger partial charge >= 0.3 is 0 Å². The molecule has 4 nitrogen and oxygen atoms in total. The van der Waals surface area contributed by atoms with Crippen molar-refractivity contribution in [1.29, 1.82) is 0 Å². The number of hydrogen-bond donors (Lipinski definition) is 1. The number of anilines is 1. The van der Waals surface area contributed by atoms with Crippen molar-refractivity contribution in [3.63, 3.8) is 0 Å². The quantitative estimate of drug-likeness (QED) is 0.876. The molecule has 0 bridgehead atoms. The van der Waals surface area contributed by atoms with Crippen molar-refractivity contribution in [2.75, 3.05) is 11.9 Å². The molecule has 0 atom stereocenters. The summed E-state index contributed by atoms with van der Waals surface area (Å²) in [5.41, 5.74) is 3.62. The molecule has 0 aliphatic heterocycles. The highest BCUT2D eigenvalue weighted by Crippen LogP contribution is 2.19. The van der Waals surface area contributed by atoms with E-state index in [-0.39, 0.29) is 0 Å². The van der Waals surface area contributed by atoms with Gasteiger partial charge in [-0.1, -0.05) is 19.9 Å². The predicted octanol–water partition coefficient (Wildman–Crippen LogP) is 2.61. The third-order valence-corrected chi connectivity index (χ3v) is 3.14. The van der Waals surface area contributed by atoms with Crippen molar-refractivity contribution in [2.45, 2.75) is 33.0 Å². The van der Waals surface area contributed by atoms with Crippen LogP contribution in [0.5, 0.6) is 0 Å². The minimum Gasteiger partial charge on any atom is -0.369 e. The predicted molar refractivity (Wildman–Crippen MR) is 82.6 cm³/mol. The van der Waals surface area contributed by atoms with Gasteiger partial charge in [-0.05, 0) is 23.3 Å². The molecule has 0 radical (unpaired) electrons. The maximum atomic E-state index is 4.25. The Morgan fingerprint density at radius 2 is 1.95 bits per heavy atom. The van der Waals surface area contributed by atoms with Crippen LogP contribution in [0.15, 0.2) is 43.0 Å². The lowest BCUT2D eigenvalue weighted by molar-refractivity contribution is 0.588. The average molecular weight is 270 g/mol. The fourth-order valence-corrected chi connectivity index (χ4v) is 2.07. The molecule has 0 aromatic carbocycles. The molecule has 20 heavy (non-hydrogen) atoms. The maximum Gasteiger partial charge on any atom is 0.0598 e. The molecule has 0 saturated heterocycles. The Morgan fingerprint density at radius 3 is 2.65 bits per heavy atom. The third kappa shape index (κ3) is 4.03. The monoisotopic (exact) mass is 270 g/mol. The summed E-state index contributed by atoms with van der Waals surface area (Å²) in [4.78, 5) is 10.6. The van der Waals surface area contributed by atoms with Crippen LogP contribution in [-0.2, 0) is 13.1 Å². The lowest BCUT2D eigenvalue weighted by atomic mass is 10.2. The summed E-state index contributed by atoms with van der Waals surface area (Å²) in [6.45, 7) is 5.99. The number of hydrogen-bond acceptors (Lipinski definition) is 4. The summed E-state index contributed by atoms with van der Waals surface area (Å²) in [7, 11) is 2.09. The fraction of sp³-hybridized carbons (Fsp3) is 0.375. The molecule has 1 N–H and O–H groups in total. The van der Waals surface area contributed by atoms with Crippen molar-refractivity contribution >= 4 is 5.69 Å². The molecule has 2 aromatic rings. The fourth-order valence-electron chi connectivity index (χ4n) is 2.07. The molecule has 4 heteroatoms. The second-order valence-corrected chi connectivity index (χ2v) is 5.26. The van der Waals surface area contributed by atoms with E-state index in [1.165, 1.54) is 11.1 Å². The Bertz CT molecular complexity index is 525. The molecule has 0 saturated carbocycles. The first kappa shape index (κ1) is 14.5. The highest BCUT2D eigenvalue weighted by Gasteiger charge is 2.08. The molecular weight excluding hydrogens is 248 g/mol. The number of pyridine rings is 2. The molecule has 2 rings (SSSR count). The van der Waals surface area contributed by atoms with Gasteiger partial charge in [-0.3, -0.25) is 9.97 Å². The van der Waals surface area contributed by atoms with Crippen LogP contribution in [0.1, 0.15) is 25.0 Å². The summed E-state index contributed by atoms with van der Waals surface area (Å²) in [6.07, 6.45) is 7.47. The number of rotatable bonds is 6. The Kier molecular flexibility index (Phi) is 5.07. The Labute approximate surface area is 120 Å². The van der Waals surface area contributed by atoms with E-state index < -0.39 is 0 Å². The van der Waals surface area contributed by atoms with Crippen LogP contribution in [0.25, 0.3) is 0 Å². The lowest BCUT2D eigenvalue weighted by Crippen LogP contribution is -2.24. The van der Waals surface area contributed by atoms with E-state index in [9.17, 15) is 0 Å². The van der Waals surface area contributed by atoms with Crippen LogP contribution in [0.3, 0.4) is 0 Å². The number of nitrogens with one attached hydrogen (secondary N) is 1. The molecule has 2 aromatic heterocycles. The average Bonchev–Trinajstić information content (AvgIpc) is 2.46. The SMILES string of the molecule is CC(C)NCc1ccncc1N(C)Cc1cccnc1. The lowest BCUT2D eigenvalue weighted by Gasteiger charge is -2.22. The van der Waals surface area contributed by atoms with Crippen LogP contribution in [0.4, 0.5) is 5.69 Å². The minimum absolute atomic E-state index is 0.472. The molecule has 0 spiro atoms. The smallest absolute Gasteiger partial charge is 0.0598 e. The Balaban J connectivity index is 2.11. The van der Waals surface area contributed by atoms with Gasteiger partial charge in [0.05, 0.1) is 11.9 Å². The maximum absolute atomic E-state index is 4.25. The van der Waals surface area contributed by atoms with Crippen molar-refractivity contribution in [2.24, 2.45) is 0 Å². The molecule has 0 fully saturated rings. The molecule has 106 valence electrons. The van der Waals surface area contributed by atoms with Crippen LogP contribution >= 0.6 is 0 Å². The van der Waals surface area contributed by atoms with Gasteiger partial charge < -0.3 is 10.2 Å². The van der Waals surface area contributed by atoms with Gasteiger partial charge in [-0.2, -0.15) is 0 Å². The van der Waals surface area contributed by atoms with Crippen LogP contribution < -0.4 is 10.2 Å². The van der Waals surface area contributed by atoms with E-state index in [1.54, 1.807) is 6.20 Å². The van der Waals surface area contributed by atoms with Gasteiger partial charge in [0.25, 0.3) is 0 Å². The van der Waals surface area contributed by atoms with Crippen LogP contribution in [-0.4, -0.2) is 23.1 Å². The summed E-state index contributed by atoms with van der Waals surface area (Å²) in [5.74, 6) is 0. The largest absolute Gasteiger partial charge is 0.369 e. The Hall–Kier alpha value is -1.94. The second-order valence-electron chi connectivity index (χ2n) is 5.26. The van der Waals surface area contributed by atoms with E-state index in [1.807, 2.05) is 24.7 Å². The third-order valence-electron chi connectivity index (χ3n) is 3.14. The highest BCUT2D eigenvalue weighted by molar-refractivity contribution is 5.51. The summed E-state index contributed by atoms with van der Waals surface area (Å²) in [5, 5.41) is 3.45. The molecule has 0 aliphatic rings. The standard InChI is InChI=1S/C16H22N4/c1-13(2)19-10-15-6-8-18-11-16(15)20(3)12-14-5-4-7-17-9-14/h4-9,11,13,19H,10,12H2,1-3H3. The zero-order valence-electron chi connectivity index (χ0n) is 12.4. The zero-order valence-corrected chi connectivity index (χ0v) is 12.4. The first-order valence-electron chi connectivity index (χ1n) is 6.93. The molecule has 0 amide bonds. The molecule has 0 unspecified atom stereocenters. The summed E-state index contributed by atoms with van der Waals surface area (Å²) in [6, 6.07) is 6.60. The van der Waals surface area contributed by atoms with Gasteiger partial charge in [0.1, 0.15) is 0 Å². The van der Waals surface area contributed by atoms with Gasteiger partial charge in [0, 0.05) is 44.8 Å². The zero-order chi connectivity index (χ0) is 14.4. The molecular formula is C16H22N4. The summed E-state index contributed by atoms with van der Waals surface area (Å²) < 4.78 is 0. The first-order valence-corrected chi connectivity index (χ1v) is 6.93. The van der Waals surface area contributed by atoms with E-state index >= 15 is 0 Å².